The Morgan fingerprint density at radius 1 is 1.07 bits per heavy atom. The number of hydrogen-bond donors (Lipinski definition) is 1. The number of nitrogens with one attached hydrogen (secondary N) is 1. The molecule has 7 heteroatoms. The molecule has 0 bridgehead atoms. The van der Waals surface area contributed by atoms with E-state index >= 15 is 0 Å². The van der Waals surface area contributed by atoms with Gasteiger partial charge in [0, 0.05) is 18.5 Å². The van der Waals surface area contributed by atoms with Gasteiger partial charge in [-0.2, -0.15) is 0 Å². The molecule has 6 nitrogen and oxygen atoms in total. The fraction of sp³-hybridized carbons (Fsp3) is 0.381. The highest BCUT2D eigenvalue weighted by atomic mass is 32.2. The van der Waals surface area contributed by atoms with E-state index in [-0.39, 0.29) is 29.0 Å². The summed E-state index contributed by atoms with van der Waals surface area (Å²) in [5.74, 6) is 0.451. The van der Waals surface area contributed by atoms with E-state index in [0.29, 0.717) is 24.7 Å². The molecule has 1 unspecified atom stereocenters. The summed E-state index contributed by atoms with van der Waals surface area (Å²) in [4.78, 5) is 12.3. The van der Waals surface area contributed by atoms with Gasteiger partial charge in [0.2, 0.25) is 5.91 Å². The van der Waals surface area contributed by atoms with Gasteiger partial charge in [0.15, 0.2) is 21.3 Å². The second-order valence-electron chi connectivity index (χ2n) is 6.87. The number of amides is 1. The minimum Gasteiger partial charge on any atom is -0.486 e. The minimum atomic E-state index is -3.58. The third kappa shape index (κ3) is 5.48. The smallest absolute Gasteiger partial charge is 0.221 e. The van der Waals surface area contributed by atoms with Crippen LogP contribution in [0.15, 0.2) is 53.4 Å². The van der Waals surface area contributed by atoms with Crippen LogP contribution in [0.25, 0.3) is 0 Å². The largest absolute Gasteiger partial charge is 0.486 e. The Morgan fingerprint density at radius 2 is 1.79 bits per heavy atom. The van der Waals surface area contributed by atoms with Crippen LogP contribution in [0.5, 0.6) is 11.5 Å². The molecule has 0 fully saturated rings. The lowest BCUT2D eigenvalue weighted by Gasteiger charge is -2.19. The van der Waals surface area contributed by atoms with Crippen LogP contribution >= 0.6 is 0 Å². The van der Waals surface area contributed by atoms with Gasteiger partial charge in [-0.15, -0.1) is 0 Å². The van der Waals surface area contributed by atoms with E-state index in [0.717, 1.165) is 12.8 Å². The van der Waals surface area contributed by atoms with E-state index in [4.69, 9.17) is 9.47 Å². The van der Waals surface area contributed by atoms with Crippen LogP contribution in [0.3, 0.4) is 0 Å². The maximum Gasteiger partial charge on any atom is 0.221 e. The van der Waals surface area contributed by atoms with Crippen molar-refractivity contribution in [3.63, 3.8) is 0 Å². The molecule has 0 aliphatic carbocycles. The van der Waals surface area contributed by atoms with Crippen molar-refractivity contribution in [2.75, 3.05) is 19.0 Å². The van der Waals surface area contributed by atoms with Gasteiger partial charge in [0.1, 0.15) is 13.2 Å². The summed E-state index contributed by atoms with van der Waals surface area (Å²) in [6, 6.07) is 14.6. The van der Waals surface area contributed by atoms with Crippen LogP contribution < -0.4 is 14.8 Å². The highest BCUT2D eigenvalue weighted by Gasteiger charge is 2.21. The molecule has 150 valence electrons. The fourth-order valence-electron chi connectivity index (χ4n) is 3.01. The van der Waals surface area contributed by atoms with Crippen LogP contribution in [0.1, 0.15) is 25.3 Å². The van der Waals surface area contributed by atoms with Crippen molar-refractivity contribution >= 4 is 15.7 Å². The zero-order valence-corrected chi connectivity index (χ0v) is 16.7. The number of ether oxygens (including phenoxy) is 2. The molecular weight excluding hydrogens is 378 g/mol. The summed E-state index contributed by atoms with van der Waals surface area (Å²) in [6.07, 6.45) is 1.58. The van der Waals surface area contributed by atoms with Crippen molar-refractivity contribution in [2.24, 2.45) is 0 Å². The van der Waals surface area contributed by atoms with Gasteiger partial charge in [0.25, 0.3) is 0 Å². The van der Waals surface area contributed by atoms with Gasteiger partial charge >= 0.3 is 0 Å². The Bertz CT molecular complexity index is 912. The summed E-state index contributed by atoms with van der Waals surface area (Å²) < 4.78 is 35.9. The summed E-state index contributed by atoms with van der Waals surface area (Å²) in [7, 11) is -3.58. The van der Waals surface area contributed by atoms with E-state index in [9.17, 15) is 13.2 Å². The Kier molecular flexibility index (Phi) is 6.57. The van der Waals surface area contributed by atoms with Crippen molar-refractivity contribution in [3.05, 3.63) is 54.1 Å². The summed E-state index contributed by atoms with van der Waals surface area (Å²) in [6.45, 7) is 2.76. The normalized spacial score (nSPS) is 14.3. The van der Waals surface area contributed by atoms with E-state index in [1.54, 1.807) is 6.07 Å². The number of aryl methyl sites for hydroxylation is 1. The Labute approximate surface area is 165 Å². The van der Waals surface area contributed by atoms with E-state index in [1.807, 2.05) is 25.1 Å². The van der Waals surface area contributed by atoms with Crippen molar-refractivity contribution < 1.29 is 22.7 Å². The molecule has 1 aliphatic rings. The third-order valence-electron chi connectivity index (χ3n) is 4.59. The minimum absolute atomic E-state index is 0.0234. The van der Waals surface area contributed by atoms with E-state index in [2.05, 4.69) is 17.4 Å². The lowest BCUT2D eigenvalue weighted by atomic mass is 10.1. The molecule has 1 heterocycles. The SMILES string of the molecule is CC(CCc1ccccc1)NC(=O)CCS(=O)(=O)c1ccc2c(c1)OCCO2. The summed E-state index contributed by atoms with van der Waals surface area (Å²) in [5.41, 5.74) is 1.21. The number of rotatable bonds is 8. The lowest BCUT2D eigenvalue weighted by Crippen LogP contribution is -2.34. The molecule has 1 N–H and O–H groups in total. The first kappa shape index (κ1) is 20.2. The molecule has 2 aromatic carbocycles. The summed E-state index contributed by atoms with van der Waals surface area (Å²) in [5, 5.41) is 2.88. The predicted molar refractivity (Wildman–Crippen MR) is 106 cm³/mol. The molecule has 3 rings (SSSR count). The molecule has 1 atom stereocenters. The van der Waals surface area contributed by atoms with Gasteiger partial charge in [-0.3, -0.25) is 4.79 Å². The maximum atomic E-state index is 12.5. The fourth-order valence-corrected chi connectivity index (χ4v) is 4.26. The molecule has 1 aliphatic heterocycles. The van der Waals surface area contributed by atoms with Gasteiger partial charge in [0.05, 0.1) is 10.6 Å². The zero-order valence-electron chi connectivity index (χ0n) is 15.9. The second kappa shape index (κ2) is 9.10. The number of carbonyl (C=O) groups is 1. The van der Waals surface area contributed by atoms with Crippen LogP contribution in [-0.2, 0) is 21.1 Å². The molecule has 0 saturated heterocycles. The predicted octanol–water partition coefficient (Wildman–Crippen LogP) is 2.76. The molecule has 0 radical (unpaired) electrons. The standard InChI is InChI=1S/C21H25NO5S/c1-16(7-8-17-5-3-2-4-6-17)22-21(23)11-14-28(24,25)18-9-10-19-20(15-18)27-13-12-26-19/h2-6,9-10,15-16H,7-8,11-14H2,1H3,(H,22,23). The highest BCUT2D eigenvalue weighted by molar-refractivity contribution is 7.91. The van der Waals surface area contributed by atoms with Crippen molar-refractivity contribution in [1.29, 1.82) is 0 Å². The van der Waals surface area contributed by atoms with Crippen LogP contribution in [0.4, 0.5) is 0 Å². The van der Waals surface area contributed by atoms with Gasteiger partial charge in [-0.05, 0) is 37.5 Å². The molecule has 0 saturated carbocycles. The number of benzene rings is 2. The second-order valence-corrected chi connectivity index (χ2v) is 8.98. The topological polar surface area (TPSA) is 81.7 Å². The average molecular weight is 404 g/mol. The van der Waals surface area contributed by atoms with E-state index in [1.165, 1.54) is 17.7 Å². The first-order valence-electron chi connectivity index (χ1n) is 9.40. The number of fused-ring (bicyclic) bond motifs is 1. The van der Waals surface area contributed by atoms with Gasteiger partial charge < -0.3 is 14.8 Å². The van der Waals surface area contributed by atoms with Gasteiger partial charge in [-0.1, -0.05) is 30.3 Å². The van der Waals surface area contributed by atoms with Crippen LogP contribution in [-0.4, -0.2) is 39.3 Å². The van der Waals surface area contributed by atoms with Crippen molar-refractivity contribution in [3.8, 4) is 11.5 Å². The Balaban J connectivity index is 1.49. The molecule has 0 spiro atoms. The Morgan fingerprint density at radius 3 is 2.54 bits per heavy atom. The lowest BCUT2D eigenvalue weighted by molar-refractivity contribution is -0.121. The van der Waals surface area contributed by atoms with Crippen molar-refractivity contribution in [2.45, 2.75) is 37.1 Å². The van der Waals surface area contributed by atoms with Crippen molar-refractivity contribution in [1.82, 2.24) is 5.32 Å². The number of sulfone groups is 1. The number of hydrogen-bond acceptors (Lipinski definition) is 5. The zero-order chi connectivity index (χ0) is 20.0. The first-order valence-corrected chi connectivity index (χ1v) is 11.0. The summed E-state index contributed by atoms with van der Waals surface area (Å²) >= 11 is 0. The molecule has 1 amide bonds. The number of carbonyl (C=O) groups excluding carboxylic acids is 1. The van der Waals surface area contributed by atoms with Gasteiger partial charge in [-0.25, -0.2) is 8.42 Å². The maximum absolute atomic E-state index is 12.5. The third-order valence-corrected chi connectivity index (χ3v) is 6.30. The highest BCUT2D eigenvalue weighted by Crippen LogP contribution is 2.32. The Hall–Kier alpha value is -2.54. The monoisotopic (exact) mass is 403 g/mol. The molecule has 2 aromatic rings. The van der Waals surface area contributed by atoms with E-state index < -0.39 is 9.84 Å². The molecular formula is C21H25NO5S. The molecule has 28 heavy (non-hydrogen) atoms. The first-order chi connectivity index (χ1) is 13.4. The average Bonchev–Trinajstić information content (AvgIpc) is 2.71. The van der Waals surface area contributed by atoms with Crippen LogP contribution in [0, 0.1) is 0 Å². The molecule has 0 aromatic heterocycles. The van der Waals surface area contributed by atoms with Crippen LogP contribution in [0.2, 0.25) is 0 Å². The quantitative estimate of drug-likeness (QED) is 0.733.